The van der Waals surface area contributed by atoms with Gasteiger partial charge in [0, 0.05) is 6.42 Å². The molecule has 1 aliphatic carbocycles. The van der Waals surface area contributed by atoms with Crippen LogP contribution in [0.1, 0.15) is 48.0 Å². The monoisotopic (exact) mass is 270 g/mol. The van der Waals surface area contributed by atoms with E-state index in [4.69, 9.17) is 0 Å². The molecule has 2 aromatic rings. The predicted molar refractivity (Wildman–Crippen MR) is 78.1 cm³/mol. The van der Waals surface area contributed by atoms with E-state index in [1.165, 1.54) is 37.0 Å². The predicted octanol–water partition coefficient (Wildman–Crippen LogP) is 4.37. The molecule has 20 heavy (non-hydrogen) atoms. The number of halogens is 1. The molecule has 0 radical (unpaired) electrons. The minimum Gasteiger partial charge on any atom is -0.388 e. The highest BCUT2D eigenvalue weighted by Gasteiger charge is 2.20. The molecule has 1 unspecified atom stereocenters. The van der Waals surface area contributed by atoms with E-state index in [9.17, 15) is 9.50 Å². The van der Waals surface area contributed by atoms with Crippen LogP contribution in [0, 0.1) is 5.82 Å². The molecule has 1 aliphatic rings. The van der Waals surface area contributed by atoms with Crippen molar-refractivity contribution in [3.63, 3.8) is 0 Å². The lowest BCUT2D eigenvalue weighted by atomic mass is 9.79. The summed E-state index contributed by atoms with van der Waals surface area (Å²) in [4.78, 5) is 0. The van der Waals surface area contributed by atoms with Crippen LogP contribution in [-0.4, -0.2) is 5.11 Å². The van der Waals surface area contributed by atoms with Crippen molar-refractivity contribution < 1.29 is 9.50 Å². The zero-order chi connectivity index (χ0) is 13.9. The van der Waals surface area contributed by atoms with Gasteiger partial charge in [-0.15, -0.1) is 0 Å². The van der Waals surface area contributed by atoms with Crippen molar-refractivity contribution in [2.45, 2.75) is 37.7 Å². The highest BCUT2D eigenvalue weighted by atomic mass is 19.1. The highest BCUT2D eigenvalue weighted by Crippen LogP contribution is 2.37. The van der Waals surface area contributed by atoms with Crippen molar-refractivity contribution in [2.75, 3.05) is 0 Å². The Bertz CT molecular complexity index is 572. The van der Waals surface area contributed by atoms with Gasteiger partial charge in [0.1, 0.15) is 5.82 Å². The number of aliphatic hydroxyl groups excluding tert-OH is 1. The second kappa shape index (κ2) is 5.76. The fourth-order valence-corrected chi connectivity index (χ4v) is 2.72. The Labute approximate surface area is 119 Å². The third-order valence-electron chi connectivity index (χ3n) is 4.21. The molecule has 3 rings (SSSR count). The Kier molecular flexibility index (Phi) is 3.83. The Morgan fingerprint density at radius 2 is 1.85 bits per heavy atom. The molecular formula is C18H19FO. The number of benzene rings is 2. The van der Waals surface area contributed by atoms with Gasteiger partial charge in [0.15, 0.2) is 0 Å². The number of hydrogen-bond donors (Lipinski definition) is 1. The molecule has 2 aromatic carbocycles. The second-order valence-corrected chi connectivity index (χ2v) is 5.64. The molecule has 1 atom stereocenters. The van der Waals surface area contributed by atoms with Gasteiger partial charge in [-0.3, -0.25) is 0 Å². The third kappa shape index (κ3) is 2.91. The van der Waals surface area contributed by atoms with Crippen LogP contribution in [0.4, 0.5) is 4.39 Å². The van der Waals surface area contributed by atoms with Crippen molar-refractivity contribution in [3.8, 4) is 0 Å². The van der Waals surface area contributed by atoms with E-state index >= 15 is 0 Å². The SMILES string of the molecule is OC(Cc1ccc(F)cc1)c1cccc(C2CCC2)c1. The smallest absolute Gasteiger partial charge is 0.123 e. The van der Waals surface area contributed by atoms with Gasteiger partial charge in [0.2, 0.25) is 0 Å². The van der Waals surface area contributed by atoms with E-state index in [-0.39, 0.29) is 5.82 Å². The summed E-state index contributed by atoms with van der Waals surface area (Å²) in [5, 5.41) is 10.3. The fraction of sp³-hybridized carbons (Fsp3) is 0.333. The van der Waals surface area contributed by atoms with Crippen molar-refractivity contribution in [1.82, 2.24) is 0 Å². The van der Waals surface area contributed by atoms with Gasteiger partial charge in [-0.05, 0) is 47.6 Å². The molecule has 0 amide bonds. The van der Waals surface area contributed by atoms with E-state index in [1.807, 2.05) is 12.1 Å². The van der Waals surface area contributed by atoms with Crippen molar-refractivity contribution >= 4 is 0 Å². The molecule has 0 spiro atoms. The van der Waals surface area contributed by atoms with Gasteiger partial charge in [0.05, 0.1) is 6.10 Å². The molecule has 0 aliphatic heterocycles. The topological polar surface area (TPSA) is 20.2 Å². The maximum Gasteiger partial charge on any atom is 0.123 e. The van der Waals surface area contributed by atoms with E-state index in [0.29, 0.717) is 12.3 Å². The summed E-state index contributed by atoms with van der Waals surface area (Å²) in [5.41, 5.74) is 3.25. The molecule has 2 heteroatoms. The zero-order valence-electron chi connectivity index (χ0n) is 11.4. The summed E-state index contributed by atoms with van der Waals surface area (Å²) in [6.45, 7) is 0. The highest BCUT2D eigenvalue weighted by molar-refractivity contribution is 5.30. The van der Waals surface area contributed by atoms with Crippen LogP contribution in [-0.2, 0) is 6.42 Å². The number of aliphatic hydroxyl groups is 1. The van der Waals surface area contributed by atoms with Gasteiger partial charge < -0.3 is 5.11 Å². The van der Waals surface area contributed by atoms with Crippen LogP contribution in [0.2, 0.25) is 0 Å². The summed E-state index contributed by atoms with van der Waals surface area (Å²) in [5.74, 6) is 0.434. The number of hydrogen-bond acceptors (Lipinski definition) is 1. The molecule has 104 valence electrons. The van der Waals surface area contributed by atoms with Crippen LogP contribution in [0.15, 0.2) is 48.5 Å². The van der Waals surface area contributed by atoms with Crippen LogP contribution >= 0.6 is 0 Å². The Hall–Kier alpha value is -1.67. The minimum atomic E-state index is -0.527. The van der Waals surface area contributed by atoms with E-state index in [2.05, 4.69) is 12.1 Å². The minimum absolute atomic E-state index is 0.241. The van der Waals surface area contributed by atoms with Gasteiger partial charge in [-0.25, -0.2) is 4.39 Å². The van der Waals surface area contributed by atoms with Gasteiger partial charge in [-0.1, -0.05) is 42.8 Å². The number of rotatable bonds is 4. The summed E-state index contributed by atoms with van der Waals surface area (Å²) < 4.78 is 12.9. The van der Waals surface area contributed by atoms with E-state index < -0.39 is 6.10 Å². The lowest BCUT2D eigenvalue weighted by Gasteiger charge is -2.26. The largest absolute Gasteiger partial charge is 0.388 e. The van der Waals surface area contributed by atoms with Crippen molar-refractivity contribution in [1.29, 1.82) is 0 Å². The van der Waals surface area contributed by atoms with Crippen molar-refractivity contribution in [3.05, 3.63) is 71.0 Å². The van der Waals surface area contributed by atoms with Crippen LogP contribution < -0.4 is 0 Å². The molecule has 0 bridgehead atoms. The molecule has 1 nitrogen and oxygen atoms in total. The molecule has 0 heterocycles. The maximum absolute atomic E-state index is 12.9. The molecule has 1 saturated carbocycles. The third-order valence-corrected chi connectivity index (χ3v) is 4.21. The molecule has 0 saturated heterocycles. The quantitative estimate of drug-likeness (QED) is 0.874. The Balaban J connectivity index is 1.72. The van der Waals surface area contributed by atoms with Gasteiger partial charge in [-0.2, -0.15) is 0 Å². The Morgan fingerprint density at radius 3 is 2.50 bits per heavy atom. The van der Waals surface area contributed by atoms with Crippen LogP contribution in [0.3, 0.4) is 0 Å². The second-order valence-electron chi connectivity index (χ2n) is 5.64. The zero-order valence-corrected chi connectivity index (χ0v) is 11.4. The molecule has 1 fully saturated rings. The first-order chi connectivity index (χ1) is 9.72. The summed E-state index contributed by atoms with van der Waals surface area (Å²) in [6, 6.07) is 14.6. The first kappa shape index (κ1) is 13.3. The van der Waals surface area contributed by atoms with Crippen molar-refractivity contribution in [2.24, 2.45) is 0 Å². The molecule has 1 N–H and O–H groups in total. The molecule has 0 aromatic heterocycles. The summed E-state index contributed by atoms with van der Waals surface area (Å²) in [6.07, 6.45) is 3.83. The van der Waals surface area contributed by atoms with Crippen LogP contribution in [0.25, 0.3) is 0 Å². The fourth-order valence-electron chi connectivity index (χ4n) is 2.72. The average Bonchev–Trinajstić information content (AvgIpc) is 2.40. The molecular weight excluding hydrogens is 251 g/mol. The van der Waals surface area contributed by atoms with Gasteiger partial charge >= 0.3 is 0 Å². The average molecular weight is 270 g/mol. The summed E-state index contributed by atoms with van der Waals surface area (Å²) in [7, 11) is 0. The lowest BCUT2D eigenvalue weighted by molar-refractivity contribution is 0.178. The normalized spacial score (nSPS) is 16.7. The standard InChI is InChI=1S/C18H19FO/c19-17-9-7-13(8-10-17)11-18(20)16-6-2-5-15(12-16)14-3-1-4-14/h2,5-10,12,14,18,20H,1,3-4,11H2. The van der Waals surface area contributed by atoms with E-state index in [0.717, 1.165) is 11.1 Å². The maximum atomic E-state index is 12.9. The van der Waals surface area contributed by atoms with Gasteiger partial charge in [0.25, 0.3) is 0 Å². The Morgan fingerprint density at radius 1 is 1.10 bits per heavy atom. The lowest BCUT2D eigenvalue weighted by Crippen LogP contribution is -2.10. The van der Waals surface area contributed by atoms with E-state index in [1.54, 1.807) is 12.1 Å². The first-order valence-corrected chi connectivity index (χ1v) is 7.25. The first-order valence-electron chi connectivity index (χ1n) is 7.25. The summed E-state index contributed by atoms with van der Waals surface area (Å²) >= 11 is 0. The van der Waals surface area contributed by atoms with Crippen LogP contribution in [0.5, 0.6) is 0 Å².